The number of benzene rings is 2. The van der Waals surface area contributed by atoms with Crippen LogP contribution in [0.25, 0.3) is 5.76 Å². The lowest BCUT2D eigenvalue weighted by Crippen LogP contribution is -2.29. The van der Waals surface area contributed by atoms with Gasteiger partial charge in [0.2, 0.25) is 0 Å². The summed E-state index contributed by atoms with van der Waals surface area (Å²) in [7, 11) is 0. The largest absolute Gasteiger partial charge is 0.507 e. The number of nitrogens with zero attached hydrogens (tertiary/aromatic N) is 2. The highest BCUT2D eigenvalue weighted by molar-refractivity contribution is 7.17. The fourth-order valence-electron chi connectivity index (χ4n) is 4.22. The number of Topliss-reactive ketones (excluding diaryl/α,β-unsaturated/α-hetero) is 1. The molecule has 0 spiro atoms. The van der Waals surface area contributed by atoms with Crippen LogP contribution in [0.1, 0.15) is 58.4 Å². The molecule has 8 nitrogen and oxygen atoms in total. The number of amides is 1. The molecule has 1 N–H and O–H groups in total. The van der Waals surface area contributed by atoms with Gasteiger partial charge < -0.3 is 14.6 Å². The quantitative estimate of drug-likeness (QED) is 0.175. The first-order valence-electron chi connectivity index (χ1n) is 12.1. The van der Waals surface area contributed by atoms with Crippen molar-refractivity contribution in [3.63, 3.8) is 0 Å². The van der Waals surface area contributed by atoms with Gasteiger partial charge in [0.25, 0.3) is 5.78 Å². The number of aromatic nitrogens is 1. The fourth-order valence-corrected chi connectivity index (χ4v) is 5.21. The van der Waals surface area contributed by atoms with Gasteiger partial charge in [0.15, 0.2) is 5.13 Å². The van der Waals surface area contributed by atoms with Crippen molar-refractivity contribution in [2.24, 2.45) is 0 Å². The first-order chi connectivity index (χ1) is 18.2. The lowest BCUT2D eigenvalue weighted by Gasteiger charge is -2.23. The van der Waals surface area contributed by atoms with Gasteiger partial charge in [0, 0.05) is 5.56 Å². The molecule has 1 aliphatic heterocycles. The third-order valence-electron chi connectivity index (χ3n) is 6.01. The van der Waals surface area contributed by atoms with Crippen LogP contribution in [0.2, 0.25) is 0 Å². The number of hydrogen-bond donors (Lipinski definition) is 1. The minimum atomic E-state index is -1.10. The van der Waals surface area contributed by atoms with E-state index in [1.165, 1.54) is 24.3 Å². The average molecular weight is 539 g/mol. The number of carbonyl (C=O) groups excluding carboxylic acids is 3. The second-order valence-corrected chi connectivity index (χ2v) is 9.65. The summed E-state index contributed by atoms with van der Waals surface area (Å²) in [5.41, 5.74) is 1.54. The number of aliphatic hydroxyl groups is 1. The Morgan fingerprint density at radius 3 is 2.47 bits per heavy atom. The molecule has 4 rings (SSSR count). The third-order valence-corrected chi connectivity index (χ3v) is 7.14. The number of anilines is 1. The van der Waals surface area contributed by atoms with Crippen LogP contribution in [0.15, 0.2) is 48.0 Å². The number of halogens is 1. The Hall–Kier alpha value is -4.05. The number of aryl methyl sites for hydroxylation is 2. The minimum absolute atomic E-state index is 0.0843. The molecule has 198 valence electrons. The standard InChI is InChI=1S/C28H27FN2O6S/c1-5-13-37-19-11-12-20(15(3)14-19)23(32)21-22(17-7-9-18(29)10-8-17)31(26(34)24(21)33)28-30-16(4)25(38-28)27(35)36-6-2/h7-12,14,22,32H,5-6,13H2,1-4H3/t22-/m1/s1. The number of rotatable bonds is 8. The van der Waals surface area contributed by atoms with Gasteiger partial charge in [-0.05, 0) is 68.7 Å². The van der Waals surface area contributed by atoms with E-state index in [1.54, 1.807) is 39.0 Å². The van der Waals surface area contributed by atoms with Gasteiger partial charge in [0.05, 0.1) is 30.5 Å². The van der Waals surface area contributed by atoms with E-state index in [4.69, 9.17) is 9.47 Å². The maximum absolute atomic E-state index is 13.8. The molecule has 1 atom stereocenters. The van der Waals surface area contributed by atoms with Crippen LogP contribution in [0.5, 0.6) is 5.75 Å². The van der Waals surface area contributed by atoms with E-state index in [0.29, 0.717) is 34.7 Å². The summed E-state index contributed by atoms with van der Waals surface area (Å²) in [6.45, 7) is 7.70. The molecule has 0 saturated carbocycles. The van der Waals surface area contributed by atoms with Crippen molar-refractivity contribution in [3.8, 4) is 5.75 Å². The molecule has 0 bridgehead atoms. The van der Waals surface area contributed by atoms with E-state index in [9.17, 15) is 23.9 Å². The molecule has 1 aliphatic rings. The predicted molar refractivity (Wildman–Crippen MR) is 141 cm³/mol. The Kier molecular flexibility index (Phi) is 7.91. The van der Waals surface area contributed by atoms with Gasteiger partial charge in [-0.25, -0.2) is 14.2 Å². The van der Waals surface area contributed by atoms with Crippen LogP contribution in [0, 0.1) is 19.7 Å². The molecule has 2 heterocycles. The van der Waals surface area contributed by atoms with Crippen molar-refractivity contribution < 1.29 is 33.4 Å². The molecule has 1 amide bonds. The van der Waals surface area contributed by atoms with E-state index in [2.05, 4.69) is 4.98 Å². The third kappa shape index (κ3) is 5.04. The molecule has 10 heteroatoms. The maximum Gasteiger partial charge on any atom is 0.350 e. The number of ketones is 1. The summed E-state index contributed by atoms with van der Waals surface area (Å²) in [5.74, 6) is -2.71. The zero-order valence-corrected chi connectivity index (χ0v) is 22.2. The number of esters is 1. The second kappa shape index (κ2) is 11.1. The van der Waals surface area contributed by atoms with Crippen molar-refractivity contribution in [1.29, 1.82) is 0 Å². The predicted octanol–water partition coefficient (Wildman–Crippen LogP) is 5.49. The normalized spacial score (nSPS) is 16.7. The van der Waals surface area contributed by atoms with Crippen molar-refractivity contribution in [3.05, 3.63) is 81.1 Å². The first kappa shape index (κ1) is 27.0. The molecule has 38 heavy (non-hydrogen) atoms. The molecule has 2 aromatic carbocycles. The van der Waals surface area contributed by atoms with Crippen LogP contribution in [0.4, 0.5) is 9.52 Å². The summed E-state index contributed by atoms with van der Waals surface area (Å²) in [6, 6.07) is 9.22. The number of thiazole rings is 1. The van der Waals surface area contributed by atoms with Gasteiger partial charge in [-0.15, -0.1) is 0 Å². The molecule has 0 aliphatic carbocycles. The molecule has 0 unspecified atom stereocenters. The Balaban J connectivity index is 1.87. The summed E-state index contributed by atoms with van der Waals surface area (Å²) in [6.07, 6.45) is 0.829. The van der Waals surface area contributed by atoms with E-state index in [-0.39, 0.29) is 27.9 Å². The van der Waals surface area contributed by atoms with E-state index in [0.717, 1.165) is 22.7 Å². The molecule has 0 radical (unpaired) electrons. The zero-order valence-electron chi connectivity index (χ0n) is 21.4. The highest BCUT2D eigenvalue weighted by Crippen LogP contribution is 2.44. The number of aliphatic hydroxyl groups excluding tert-OH is 1. The lowest BCUT2D eigenvalue weighted by atomic mass is 9.94. The van der Waals surface area contributed by atoms with Gasteiger partial charge in [-0.3, -0.25) is 14.5 Å². The van der Waals surface area contributed by atoms with Crippen molar-refractivity contribution >= 4 is 39.9 Å². The summed E-state index contributed by atoms with van der Waals surface area (Å²) >= 11 is 0.907. The molecule has 1 fully saturated rings. The SMILES string of the molecule is CCCOc1ccc(C(O)=C2C(=O)C(=O)N(c3nc(C)c(C(=O)OCC)s3)[C@@H]2c2ccc(F)cc2)c(C)c1. The van der Waals surface area contributed by atoms with E-state index in [1.807, 2.05) is 6.92 Å². The summed E-state index contributed by atoms with van der Waals surface area (Å²) in [5, 5.41) is 11.5. The van der Waals surface area contributed by atoms with E-state index >= 15 is 0 Å². The van der Waals surface area contributed by atoms with Gasteiger partial charge in [-0.2, -0.15) is 0 Å². The smallest absolute Gasteiger partial charge is 0.350 e. The monoisotopic (exact) mass is 538 g/mol. The van der Waals surface area contributed by atoms with Crippen molar-refractivity contribution in [2.45, 2.75) is 40.2 Å². The van der Waals surface area contributed by atoms with Gasteiger partial charge in [-0.1, -0.05) is 30.4 Å². The number of hydrogen-bond acceptors (Lipinski definition) is 8. The van der Waals surface area contributed by atoms with Crippen LogP contribution in [-0.2, 0) is 14.3 Å². The van der Waals surface area contributed by atoms with Crippen molar-refractivity contribution in [2.75, 3.05) is 18.1 Å². The van der Waals surface area contributed by atoms with Crippen molar-refractivity contribution in [1.82, 2.24) is 4.98 Å². The average Bonchev–Trinajstić information content (AvgIpc) is 3.39. The van der Waals surface area contributed by atoms with Crippen LogP contribution >= 0.6 is 11.3 Å². The maximum atomic E-state index is 13.8. The minimum Gasteiger partial charge on any atom is -0.507 e. The lowest BCUT2D eigenvalue weighted by molar-refractivity contribution is -0.132. The zero-order chi connectivity index (χ0) is 27.6. The van der Waals surface area contributed by atoms with E-state index < -0.39 is 29.5 Å². The molecule has 1 aromatic heterocycles. The van der Waals surface area contributed by atoms with Gasteiger partial charge in [0.1, 0.15) is 22.2 Å². The molecule has 3 aromatic rings. The van der Waals surface area contributed by atoms with Crippen LogP contribution in [-0.4, -0.2) is 41.0 Å². The highest BCUT2D eigenvalue weighted by Gasteiger charge is 2.48. The Morgan fingerprint density at radius 1 is 1.13 bits per heavy atom. The van der Waals surface area contributed by atoms with Crippen LogP contribution < -0.4 is 9.64 Å². The number of ether oxygens (including phenoxy) is 2. The Labute approximate surface area is 223 Å². The van der Waals surface area contributed by atoms with Crippen LogP contribution in [0.3, 0.4) is 0 Å². The highest BCUT2D eigenvalue weighted by atomic mass is 32.1. The van der Waals surface area contributed by atoms with Gasteiger partial charge >= 0.3 is 11.9 Å². The molecular weight excluding hydrogens is 511 g/mol. The Bertz CT molecular complexity index is 1430. The molecular formula is C28H27FN2O6S. The molecule has 1 saturated heterocycles. The second-order valence-electron chi connectivity index (χ2n) is 8.68. The summed E-state index contributed by atoms with van der Waals surface area (Å²) < 4.78 is 24.5. The summed E-state index contributed by atoms with van der Waals surface area (Å²) in [4.78, 5) is 44.8. The number of carbonyl (C=O) groups is 3. The first-order valence-corrected chi connectivity index (χ1v) is 12.9. The Morgan fingerprint density at radius 2 is 1.84 bits per heavy atom. The topological polar surface area (TPSA) is 106 Å². The fraction of sp³-hybridized carbons (Fsp3) is 0.286.